The summed E-state index contributed by atoms with van der Waals surface area (Å²) in [6.45, 7) is 2.32. The Hall–Kier alpha value is -2.40. The highest BCUT2D eigenvalue weighted by Gasteiger charge is 2.30. The molecule has 2 unspecified atom stereocenters. The first-order valence-corrected chi connectivity index (χ1v) is 9.52. The molecule has 5 nitrogen and oxygen atoms in total. The van der Waals surface area contributed by atoms with Gasteiger partial charge >= 0.3 is 0 Å². The van der Waals surface area contributed by atoms with Crippen molar-refractivity contribution in [2.75, 3.05) is 19.6 Å². The smallest absolute Gasteiger partial charge is 0.251 e. The Morgan fingerprint density at radius 3 is 2.69 bits per heavy atom. The summed E-state index contributed by atoms with van der Waals surface area (Å²) in [6.07, 6.45) is 3.83. The standard InChI is InChI=1S/C21H25N3O2/c25-20(17-10-9-15-5-1-2-6-16(15)13-17)23-18-7-4-12-24(14-18)21(26)19-8-3-11-22-19/h1-2,5-6,9-10,13,18-19,22H,3-4,7-8,11-12,14H2,(H,23,25). The van der Waals surface area contributed by atoms with Gasteiger partial charge in [0.15, 0.2) is 0 Å². The third-order valence-corrected chi connectivity index (χ3v) is 5.44. The summed E-state index contributed by atoms with van der Waals surface area (Å²) in [7, 11) is 0. The van der Waals surface area contributed by atoms with E-state index in [0.717, 1.165) is 49.5 Å². The number of hydrogen-bond acceptors (Lipinski definition) is 3. The van der Waals surface area contributed by atoms with Gasteiger partial charge in [-0.15, -0.1) is 0 Å². The highest BCUT2D eigenvalue weighted by Crippen LogP contribution is 2.18. The van der Waals surface area contributed by atoms with Crippen LogP contribution in [0.5, 0.6) is 0 Å². The van der Waals surface area contributed by atoms with Gasteiger partial charge in [-0.05, 0) is 55.1 Å². The van der Waals surface area contributed by atoms with Crippen LogP contribution in [0.1, 0.15) is 36.0 Å². The quantitative estimate of drug-likeness (QED) is 0.892. The monoisotopic (exact) mass is 351 g/mol. The molecule has 0 aliphatic carbocycles. The molecular weight excluding hydrogens is 326 g/mol. The summed E-state index contributed by atoms with van der Waals surface area (Å²) in [5, 5.41) is 8.59. The van der Waals surface area contributed by atoms with Gasteiger partial charge in [0, 0.05) is 24.7 Å². The van der Waals surface area contributed by atoms with E-state index in [9.17, 15) is 9.59 Å². The van der Waals surface area contributed by atoms with Crippen molar-refractivity contribution in [3.05, 3.63) is 48.0 Å². The van der Waals surface area contributed by atoms with E-state index < -0.39 is 0 Å². The summed E-state index contributed by atoms with van der Waals surface area (Å²) in [5.74, 6) is 0.126. The molecule has 2 aromatic carbocycles. The molecule has 2 heterocycles. The summed E-state index contributed by atoms with van der Waals surface area (Å²) in [6, 6.07) is 13.8. The zero-order valence-electron chi connectivity index (χ0n) is 14.9. The maximum absolute atomic E-state index is 12.7. The lowest BCUT2D eigenvalue weighted by atomic mass is 10.0. The number of piperidine rings is 1. The Balaban J connectivity index is 1.40. The lowest BCUT2D eigenvalue weighted by molar-refractivity contribution is -0.134. The number of rotatable bonds is 3. The fourth-order valence-corrected chi connectivity index (χ4v) is 4.01. The van der Waals surface area contributed by atoms with E-state index in [0.29, 0.717) is 12.1 Å². The molecule has 2 aromatic rings. The van der Waals surface area contributed by atoms with Gasteiger partial charge in [-0.3, -0.25) is 9.59 Å². The summed E-state index contributed by atoms with van der Waals surface area (Å²) < 4.78 is 0. The van der Waals surface area contributed by atoms with Gasteiger partial charge in [-0.2, -0.15) is 0 Å². The van der Waals surface area contributed by atoms with Crippen molar-refractivity contribution in [1.82, 2.24) is 15.5 Å². The number of nitrogens with one attached hydrogen (secondary N) is 2. The average Bonchev–Trinajstić information content (AvgIpc) is 3.22. The van der Waals surface area contributed by atoms with Crippen LogP contribution in [0.15, 0.2) is 42.5 Å². The molecule has 2 aliphatic rings. The predicted molar refractivity (Wildman–Crippen MR) is 102 cm³/mol. The molecule has 2 N–H and O–H groups in total. The highest BCUT2D eigenvalue weighted by atomic mass is 16.2. The minimum Gasteiger partial charge on any atom is -0.348 e. The average molecular weight is 351 g/mol. The van der Waals surface area contributed by atoms with E-state index in [1.54, 1.807) is 0 Å². The normalized spacial score (nSPS) is 23.2. The van der Waals surface area contributed by atoms with Crippen molar-refractivity contribution in [3.8, 4) is 0 Å². The Kier molecular flexibility index (Phi) is 4.89. The van der Waals surface area contributed by atoms with Gasteiger partial charge in [0.25, 0.3) is 5.91 Å². The second kappa shape index (κ2) is 7.46. The topological polar surface area (TPSA) is 61.4 Å². The van der Waals surface area contributed by atoms with Crippen LogP contribution in [0.2, 0.25) is 0 Å². The van der Waals surface area contributed by atoms with E-state index in [-0.39, 0.29) is 23.9 Å². The van der Waals surface area contributed by atoms with Crippen LogP contribution < -0.4 is 10.6 Å². The molecule has 4 rings (SSSR count). The van der Waals surface area contributed by atoms with Gasteiger partial charge in [-0.1, -0.05) is 30.3 Å². The zero-order valence-corrected chi connectivity index (χ0v) is 14.9. The molecule has 2 atom stereocenters. The fraction of sp³-hybridized carbons (Fsp3) is 0.429. The van der Waals surface area contributed by atoms with Crippen LogP contribution in [0.4, 0.5) is 0 Å². The molecular formula is C21H25N3O2. The molecule has 5 heteroatoms. The lowest BCUT2D eigenvalue weighted by Gasteiger charge is -2.34. The van der Waals surface area contributed by atoms with Crippen molar-refractivity contribution in [1.29, 1.82) is 0 Å². The van der Waals surface area contributed by atoms with E-state index in [1.165, 1.54) is 0 Å². The maximum atomic E-state index is 12.7. The van der Waals surface area contributed by atoms with Crippen molar-refractivity contribution in [3.63, 3.8) is 0 Å². The van der Waals surface area contributed by atoms with Crippen molar-refractivity contribution in [2.24, 2.45) is 0 Å². The van der Waals surface area contributed by atoms with Crippen LogP contribution >= 0.6 is 0 Å². The zero-order chi connectivity index (χ0) is 17.9. The molecule has 136 valence electrons. The van der Waals surface area contributed by atoms with Crippen LogP contribution in [0, 0.1) is 0 Å². The molecule has 2 fully saturated rings. The van der Waals surface area contributed by atoms with Gasteiger partial charge in [-0.25, -0.2) is 0 Å². The van der Waals surface area contributed by atoms with Crippen LogP contribution in [-0.2, 0) is 4.79 Å². The van der Waals surface area contributed by atoms with E-state index in [1.807, 2.05) is 47.4 Å². The molecule has 0 aromatic heterocycles. The second-order valence-corrected chi connectivity index (χ2v) is 7.31. The first-order valence-electron chi connectivity index (χ1n) is 9.52. The largest absolute Gasteiger partial charge is 0.348 e. The number of likely N-dealkylation sites (tertiary alicyclic amines) is 1. The van der Waals surface area contributed by atoms with E-state index in [2.05, 4.69) is 10.6 Å². The van der Waals surface area contributed by atoms with Crippen molar-refractivity contribution < 1.29 is 9.59 Å². The minimum atomic E-state index is -0.0611. The van der Waals surface area contributed by atoms with Crippen molar-refractivity contribution in [2.45, 2.75) is 37.8 Å². The highest BCUT2D eigenvalue weighted by molar-refractivity contribution is 5.98. The Morgan fingerprint density at radius 2 is 1.88 bits per heavy atom. The second-order valence-electron chi connectivity index (χ2n) is 7.31. The summed E-state index contributed by atoms with van der Waals surface area (Å²) in [5.41, 5.74) is 0.671. The number of benzene rings is 2. The molecule has 2 amide bonds. The summed E-state index contributed by atoms with van der Waals surface area (Å²) in [4.78, 5) is 27.2. The van der Waals surface area contributed by atoms with Crippen LogP contribution in [0.25, 0.3) is 10.8 Å². The van der Waals surface area contributed by atoms with Gasteiger partial charge in [0.05, 0.1) is 6.04 Å². The van der Waals surface area contributed by atoms with E-state index >= 15 is 0 Å². The maximum Gasteiger partial charge on any atom is 0.251 e. The Labute approximate surface area is 153 Å². The molecule has 2 saturated heterocycles. The van der Waals surface area contributed by atoms with Gasteiger partial charge < -0.3 is 15.5 Å². The summed E-state index contributed by atoms with van der Waals surface area (Å²) >= 11 is 0. The molecule has 0 spiro atoms. The number of hydrogen-bond donors (Lipinski definition) is 2. The van der Waals surface area contributed by atoms with E-state index in [4.69, 9.17) is 0 Å². The number of carbonyl (C=O) groups is 2. The van der Waals surface area contributed by atoms with Crippen molar-refractivity contribution >= 4 is 22.6 Å². The molecule has 0 bridgehead atoms. The number of nitrogens with zero attached hydrogens (tertiary/aromatic N) is 1. The minimum absolute atomic E-state index is 0.0214. The fourth-order valence-electron chi connectivity index (χ4n) is 4.01. The third-order valence-electron chi connectivity index (χ3n) is 5.44. The number of amides is 2. The molecule has 0 saturated carbocycles. The van der Waals surface area contributed by atoms with Crippen LogP contribution in [0.3, 0.4) is 0 Å². The van der Waals surface area contributed by atoms with Gasteiger partial charge in [0.1, 0.15) is 0 Å². The molecule has 2 aliphatic heterocycles. The first-order chi connectivity index (χ1) is 12.7. The SMILES string of the molecule is O=C(NC1CCCN(C(=O)C2CCCN2)C1)c1ccc2ccccc2c1. The number of carbonyl (C=O) groups excluding carboxylic acids is 2. The first kappa shape index (κ1) is 17.0. The number of fused-ring (bicyclic) bond motifs is 1. The van der Waals surface area contributed by atoms with Crippen LogP contribution in [-0.4, -0.2) is 48.4 Å². The predicted octanol–water partition coefficient (Wildman–Crippen LogP) is 2.31. The lowest BCUT2D eigenvalue weighted by Crippen LogP contribution is -2.53. The Bertz CT molecular complexity index is 814. The molecule has 26 heavy (non-hydrogen) atoms. The molecule has 0 radical (unpaired) electrons. The Morgan fingerprint density at radius 1 is 1.04 bits per heavy atom. The van der Waals surface area contributed by atoms with Gasteiger partial charge in [0.2, 0.25) is 5.91 Å². The third kappa shape index (κ3) is 3.58.